The lowest BCUT2D eigenvalue weighted by molar-refractivity contribution is -0.339. The molecule has 0 unspecified atom stereocenters. The van der Waals surface area contributed by atoms with Crippen molar-refractivity contribution >= 4 is 17.9 Å². The van der Waals surface area contributed by atoms with Gasteiger partial charge in [-0.1, -0.05) is 158 Å². The highest BCUT2D eigenvalue weighted by Gasteiger charge is 2.54. The molecule has 2 aliphatic rings. The van der Waals surface area contributed by atoms with Gasteiger partial charge in [0.05, 0.1) is 50.8 Å². The van der Waals surface area contributed by atoms with E-state index < -0.39 is 86.0 Å². The van der Waals surface area contributed by atoms with Crippen molar-refractivity contribution in [1.82, 2.24) is 0 Å². The number of rotatable bonds is 21. The van der Waals surface area contributed by atoms with Gasteiger partial charge in [0.25, 0.3) is 0 Å². The van der Waals surface area contributed by atoms with Gasteiger partial charge in [-0.3, -0.25) is 4.79 Å². The van der Waals surface area contributed by atoms with E-state index in [2.05, 4.69) is 0 Å². The Balaban J connectivity index is 1.12. The van der Waals surface area contributed by atoms with Gasteiger partial charge in [-0.2, -0.15) is 0 Å². The van der Waals surface area contributed by atoms with Crippen molar-refractivity contribution in [3.63, 3.8) is 0 Å². The Morgan fingerprint density at radius 1 is 0.414 bits per heavy atom. The molecule has 2 aliphatic heterocycles. The summed E-state index contributed by atoms with van der Waals surface area (Å²) in [7, 11) is 0. The standard InChI is InChI=1S/C56H55FO13/c1-38(58)66-48-46(67-53(57)51(70-55(60)44-30-18-7-19-31-44)50(48)69-54(59)43-28-16-6-17-29-43)37-65-56-52(64-35-42-26-14-5-15-27-42)49(63-34-41-24-12-4-13-25-41)47(62-33-40-22-10-3-11-23-40)45(68-56)36-61-32-39-20-8-2-9-21-39/h2-31,45-53,56H,32-37H2,1H3/t45-,46-,47-,48-,49+,50+,51-,52-,53-,56-/m1/s1. The minimum Gasteiger partial charge on any atom is -0.456 e. The fraction of sp³-hybridized carbons (Fsp3) is 0.304. The van der Waals surface area contributed by atoms with Gasteiger partial charge in [0, 0.05) is 6.92 Å². The minimum atomic E-state index is -2.39. The van der Waals surface area contributed by atoms with Crippen LogP contribution in [0, 0.1) is 0 Å². The predicted molar refractivity (Wildman–Crippen MR) is 252 cm³/mol. The molecular formula is C56H55FO13. The van der Waals surface area contributed by atoms with Crippen molar-refractivity contribution in [2.45, 2.75) is 94.8 Å². The molecule has 0 N–H and O–H groups in total. The molecular weight excluding hydrogens is 900 g/mol. The maximum atomic E-state index is 16.7. The first-order valence-corrected chi connectivity index (χ1v) is 23.1. The molecule has 0 spiro atoms. The highest BCUT2D eigenvalue weighted by Crippen LogP contribution is 2.35. The average Bonchev–Trinajstić information content (AvgIpc) is 3.40. The van der Waals surface area contributed by atoms with E-state index in [-0.39, 0.29) is 44.2 Å². The lowest BCUT2D eigenvalue weighted by Crippen LogP contribution is -2.63. The van der Waals surface area contributed by atoms with Crippen LogP contribution in [0.4, 0.5) is 4.39 Å². The first kappa shape index (κ1) is 49.8. The molecule has 6 aromatic rings. The third kappa shape index (κ3) is 13.8. The molecule has 6 aromatic carbocycles. The molecule has 0 radical (unpaired) electrons. The molecule has 2 heterocycles. The quantitative estimate of drug-likeness (QED) is 0.0502. The van der Waals surface area contributed by atoms with Gasteiger partial charge in [-0.15, -0.1) is 0 Å². The number of esters is 3. The number of ether oxygens (including phenoxy) is 10. The fourth-order valence-electron chi connectivity index (χ4n) is 8.20. The molecule has 2 fully saturated rings. The molecule has 0 aliphatic carbocycles. The fourth-order valence-corrected chi connectivity index (χ4v) is 8.20. The third-order valence-corrected chi connectivity index (χ3v) is 11.6. The summed E-state index contributed by atoms with van der Waals surface area (Å²) in [6.45, 7) is 1.39. The second-order valence-corrected chi connectivity index (χ2v) is 16.7. The van der Waals surface area contributed by atoms with Crippen LogP contribution in [0.15, 0.2) is 182 Å². The minimum absolute atomic E-state index is 0.0271. The Hall–Kier alpha value is -6.62. The highest BCUT2D eigenvalue weighted by molar-refractivity contribution is 5.90. The number of hydrogen-bond acceptors (Lipinski definition) is 13. The largest absolute Gasteiger partial charge is 0.456 e. The number of hydrogen-bond donors (Lipinski definition) is 0. The predicted octanol–water partition coefficient (Wildman–Crippen LogP) is 8.78. The smallest absolute Gasteiger partial charge is 0.338 e. The van der Waals surface area contributed by atoms with Crippen LogP contribution in [-0.2, 0) is 78.6 Å². The Bertz CT molecular complexity index is 2510. The van der Waals surface area contributed by atoms with E-state index in [9.17, 15) is 14.4 Å². The Morgan fingerprint density at radius 2 is 0.814 bits per heavy atom. The van der Waals surface area contributed by atoms with E-state index in [1.807, 2.05) is 121 Å². The summed E-state index contributed by atoms with van der Waals surface area (Å²) in [4.78, 5) is 40.0. The first-order valence-electron chi connectivity index (χ1n) is 23.1. The molecule has 10 atom stereocenters. The van der Waals surface area contributed by atoms with Crippen LogP contribution in [0.2, 0.25) is 0 Å². The molecule has 13 nitrogen and oxygen atoms in total. The normalized spacial score (nSPS) is 24.3. The van der Waals surface area contributed by atoms with E-state index in [4.69, 9.17) is 47.4 Å². The lowest BCUT2D eigenvalue weighted by atomic mass is 9.97. The third-order valence-electron chi connectivity index (χ3n) is 11.6. The molecule has 8 rings (SSSR count). The lowest BCUT2D eigenvalue weighted by Gasteiger charge is -2.47. The average molecular weight is 955 g/mol. The summed E-state index contributed by atoms with van der Waals surface area (Å²) in [6, 6.07) is 54.4. The summed E-state index contributed by atoms with van der Waals surface area (Å²) in [5, 5.41) is 0. The molecule has 70 heavy (non-hydrogen) atoms. The van der Waals surface area contributed by atoms with Crippen LogP contribution in [0.5, 0.6) is 0 Å². The number of carbonyl (C=O) groups is 3. The monoisotopic (exact) mass is 954 g/mol. The molecule has 0 saturated carbocycles. The first-order chi connectivity index (χ1) is 34.3. The van der Waals surface area contributed by atoms with Crippen molar-refractivity contribution in [3.05, 3.63) is 215 Å². The van der Waals surface area contributed by atoms with Crippen molar-refractivity contribution in [2.24, 2.45) is 0 Å². The Labute approximate surface area is 406 Å². The molecule has 364 valence electrons. The summed E-state index contributed by atoms with van der Waals surface area (Å²) < 4.78 is 80.1. The summed E-state index contributed by atoms with van der Waals surface area (Å²) in [6.07, 6.45) is -13.8. The second kappa shape index (κ2) is 25.3. The highest BCUT2D eigenvalue weighted by atomic mass is 19.1. The van der Waals surface area contributed by atoms with Gasteiger partial charge in [-0.25, -0.2) is 14.0 Å². The topological polar surface area (TPSA) is 144 Å². The Kier molecular flexibility index (Phi) is 18.0. The molecule has 0 bridgehead atoms. The van der Waals surface area contributed by atoms with Crippen LogP contribution < -0.4 is 0 Å². The second-order valence-electron chi connectivity index (χ2n) is 16.7. The van der Waals surface area contributed by atoms with Crippen LogP contribution in [-0.4, -0.2) is 92.6 Å². The zero-order valence-electron chi connectivity index (χ0n) is 38.5. The van der Waals surface area contributed by atoms with E-state index in [1.165, 1.54) is 24.3 Å². The molecule has 0 amide bonds. The summed E-state index contributed by atoms with van der Waals surface area (Å²) in [5.74, 6) is -2.62. The van der Waals surface area contributed by atoms with Crippen LogP contribution in [0.3, 0.4) is 0 Å². The van der Waals surface area contributed by atoms with Gasteiger partial charge in [0.2, 0.25) is 6.36 Å². The van der Waals surface area contributed by atoms with Crippen LogP contribution >= 0.6 is 0 Å². The van der Waals surface area contributed by atoms with E-state index in [0.717, 1.165) is 29.2 Å². The van der Waals surface area contributed by atoms with Gasteiger partial charge in [-0.05, 0) is 46.5 Å². The number of benzene rings is 6. The zero-order valence-corrected chi connectivity index (χ0v) is 38.5. The van der Waals surface area contributed by atoms with Crippen LogP contribution in [0.25, 0.3) is 0 Å². The number of alkyl halides is 1. The van der Waals surface area contributed by atoms with Crippen molar-refractivity contribution < 1.29 is 66.1 Å². The van der Waals surface area contributed by atoms with Crippen LogP contribution in [0.1, 0.15) is 49.9 Å². The maximum absolute atomic E-state index is 16.7. The van der Waals surface area contributed by atoms with Gasteiger partial charge >= 0.3 is 17.9 Å². The molecule has 0 aromatic heterocycles. The molecule has 14 heteroatoms. The van der Waals surface area contributed by atoms with Gasteiger partial charge in [0.1, 0.15) is 30.5 Å². The van der Waals surface area contributed by atoms with Gasteiger partial charge in [0.15, 0.2) is 24.6 Å². The summed E-state index contributed by atoms with van der Waals surface area (Å²) >= 11 is 0. The zero-order chi connectivity index (χ0) is 48.5. The molecule has 2 saturated heterocycles. The van der Waals surface area contributed by atoms with Crippen molar-refractivity contribution in [1.29, 1.82) is 0 Å². The van der Waals surface area contributed by atoms with Crippen molar-refractivity contribution in [3.8, 4) is 0 Å². The maximum Gasteiger partial charge on any atom is 0.338 e. The SMILES string of the molecule is CC(=O)O[C@H]1[C@H](OC(=O)c2ccccc2)[C@@H](OC(=O)c2ccccc2)[C@H](F)O[C@@H]1CO[C@@H]1O[C@H](COCc2ccccc2)[C@@H](OCc2ccccc2)[C@H](OCc2ccccc2)[C@H]1OCc1ccccc1. The van der Waals surface area contributed by atoms with Gasteiger partial charge < -0.3 is 47.4 Å². The van der Waals surface area contributed by atoms with E-state index in [0.29, 0.717) is 0 Å². The van der Waals surface area contributed by atoms with E-state index in [1.54, 1.807) is 36.4 Å². The summed E-state index contributed by atoms with van der Waals surface area (Å²) in [5.41, 5.74) is 3.81. The Morgan fingerprint density at radius 3 is 1.29 bits per heavy atom. The number of carbonyl (C=O) groups excluding carboxylic acids is 3. The van der Waals surface area contributed by atoms with E-state index >= 15 is 4.39 Å². The number of halogens is 1. The van der Waals surface area contributed by atoms with Crippen molar-refractivity contribution in [2.75, 3.05) is 13.2 Å².